The van der Waals surface area contributed by atoms with Gasteiger partial charge >= 0.3 is 0 Å². The van der Waals surface area contributed by atoms with Gasteiger partial charge in [0.15, 0.2) is 23.0 Å². The summed E-state index contributed by atoms with van der Waals surface area (Å²) in [7, 11) is 6.93. The molecule has 166 valence electrons. The van der Waals surface area contributed by atoms with Crippen LogP contribution in [0, 0.1) is 0 Å². The van der Waals surface area contributed by atoms with Crippen molar-refractivity contribution in [3.8, 4) is 28.7 Å². The predicted octanol–water partition coefficient (Wildman–Crippen LogP) is 3.43. The maximum Gasteiger partial charge on any atom is 0.231 e. The molecule has 1 N–H and O–H groups in total. The summed E-state index contributed by atoms with van der Waals surface area (Å²) in [4.78, 5) is 2.26. The molecule has 0 spiro atoms. The van der Waals surface area contributed by atoms with E-state index in [0.717, 1.165) is 29.8 Å². The summed E-state index contributed by atoms with van der Waals surface area (Å²) in [6, 6.07) is 7.74. The van der Waals surface area contributed by atoms with Crippen LogP contribution in [0.1, 0.15) is 29.2 Å². The number of benzene rings is 2. The van der Waals surface area contributed by atoms with E-state index in [1.54, 1.807) is 21.3 Å². The summed E-state index contributed by atoms with van der Waals surface area (Å²) in [5.41, 5.74) is 3.87. The van der Waals surface area contributed by atoms with E-state index in [9.17, 15) is 5.21 Å². The molecule has 0 saturated carbocycles. The van der Waals surface area contributed by atoms with Crippen molar-refractivity contribution >= 4 is 5.71 Å². The zero-order chi connectivity index (χ0) is 22.0. The average molecular weight is 428 g/mol. The summed E-state index contributed by atoms with van der Waals surface area (Å²) in [6.45, 7) is 1.08. The van der Waals surface area contributed by atoms with Crippen LogP contribution in [0.2, 0.25) is 0 Å². The molecule has 0 unspecified atom stereocenters. The molecule has 1 atom stereocenters. The second-order valence-corrected chi connectivity index (χ2v) is 7.70. The monoisotopic (exact) mass is 428 g/mol. The lowest BCUT2D eigenvalue weighted by atomic mass is 9.87. The lowest BCUT2D eigenvalue weighted by Gasteiger charge is -2.36. The Morgan fingerprint density at radius 1 is 1.13 bits per heavy atom. The van der Waals surface area contributed by atoms with E-state index in [2.05, 4.69) is 17.1 Å². The first-order valence-corrected chi connectivity index (χ1v) is 10.2. The Hall–Kier alpha value is -3.13. The Morgan fingerprint density at radius 3 is 2.65 bits per heavy atom. The standard InChI is InChI=1S/C23H28N2O6/c1-25-8-7-15-11-20-22(31-13-30-20)23(29-4)21(15)17(25)12-16(24-26)9-14-5-6-18(27-2)19(10-14)28-3/h5-6,10-11,17,26H,7-9,12-13H2,1-4H3/b24-16-/t17-/m1/s1. The number of nitrogens with zero attached hydrogens (tertiary/aromatic N) is 2. The summed E-state index contributed by atoms with van der Waals surface area (Å²) in [5, 5.41) is 13.4. The molecule has 0 aliphatic carbocycles. The molecule has 0 bridgehead atoms. The van der Waals surface area contributed by atoms with Crippen LogP contribution in [0.25, 0.3) is 0 Å². The summed E-state index contributed by atoms with van der Waals surface area (Å²) >= 11 is 0. The zero-order valence-electron chi connectivity index (χ0n) is 18.3. The Kier molecular flexibility index (Phi) is 6.08. The fourth-order valence-electron chi connectivity index (χ4n) is 4.38. The van der Waals surface area contributed by atoms with E-state index in [-0.39, 0.29) is 12.8 Å². The highest BCUT2D eigenvalue weighted by atomic mass is 16.7. The van der Waals surface area contributed by atoms with Gasteiger partial charge in [-0.25, -0.2) is 0 Å². The third-order valence-corrected chi connectivity index (χ3v) is 5.97. The van der Waals surface area contributed by atoms with Crippen molar-refractivity contribution in [2.75, 3.05) is 41.7 Å². The van der Waals surface area contributed by atoms with Gasteiger partial charge in [0, 0.05) is 31.0 Å². The first-order valence-electron chi connectivity index (χ1n) is 10.2. The van der Waals surface area contributed by atoms with Gasteiger partial charge in [-0.3, -0.25) is 4.90 Å². The zero-order valence-corrected chi connectivity index (χ0v) is 18.3. The average Bonchev–Trinajstić information content (AvgIpc) is 3.26. The number of likely N-dealkylation sites (N-methyl/N-ethyl adjacent to an activating group) is 1. The Morgan fingerprint density at radius 2 is 1.94 bits per heavy atom. The van der Waals surface area contributed by atoms with Crippen molar-refractivity contribution in [3.63, 3.8) is 0 Å². The molecule has 2 aromatic carbocycles. The molecule has 2 aromatic rings. The van der Waals surface area contributed by atoms with Crippen LogP contribution in [0.3, 0.4) is 0 Å². The second-order valence-electron chi connectivity index (χ2n) is 7.70. The number of hydrogen-bond donors (Lipinski definition) is 1. The predicted molar refractivity (Wildman–Crippen MR) is 115 cm³/mol. The normalized spacial score (nSPS) is 17.9. The van der Waals surface area contributed by atoms with Crippen LogP contribution < -0.4 is 23.7 Å². The van der Waals surface area contributed by atoms with Crippen LogP contribution in [0.5, 0.6) is 28.7 Å². The quantitative estimate of drug-likeness (QED) is 0.411. The SMILES string of the molecule is COc1ccc(C/C(C[C@@H]2c3c(cc4c(c3OC)OCO4)CCN2C)=N/O)cc1OC. The van der Waals surface area contributed by atoms with Gasteiger partial charge in [0.2, 0.25) is 12.5 Å². The summed E-state index contributed by atoms with van der Waals surface area (Å²) < 4.78 is 27.7. The van der Waals surface area contributed by atoms with E-state index in [1.165, 1.54) is 5.56 Å². The molecule has 2 heterocycles. The van der Waals surface area contributed by atoms with E-state index in [1.807, 2.05) is 24.3 Å². The molecule has 0 fully saturated rings. The summed E-state index contributed by atoms with van der Waals surface area (Å²) in [5.74, 6) is 3.37. The van der Waals surface area contributed by atoms with Crippen LogP contribution in [-0.4, -0.2) is 57.5 Å². The number of ether oxygens (including phenoxy) is 5. The molecule has 2 aliphatic rings. The minimum absolute atomic E-state index is 0.0146. The number of fused-ring (bicyclic) bond motifs is 2. The smallest absolute Gasteiger partial charge is 0.231 e. The Bertz CT molecular complexity index is 991. The van der Waals surface area contributed by atoms with E-state index < -0.39 is 0 Å². The van der Waals surface area contributed by atoms with E-state index in [0.29, 0.717) is 41.6 Å². The molecule has 8 heteroatoms. The van der Waals surface area contributed by atoms with Crippen LogP contribution in [0.4, 0.5) is 0 Å². The fraction of sp³-hybridized carbons (Fsp3) is 0.435. The Labute approximate surface area is 181 Å². The molecule has 0 saturated heterocycles. The van der Waals surface area contributed by atoms with Crippen molar-refractivity contribution in [2.45, 2.75) is 25.3 Å². The van der Waals surface area contributed by atoms with Gasteiger partial charge in [-0.15, -0.1) is 0 Å². The highest BCUT2D eigenvalue weighted by molar-refractivity contribution is 5.87. The number of oxime groups is 1. The maximum atomic E-state index is 9.80. The van der Waals surface area contributed by atoms with Crippen molar-refractivity contribution in [1.29, 1.82) is 0 Å². The molecular weight excluding hydrogens is 400 g/mol. The number of rotatable bonds is 7. The van der Waals surface area contributed by atoms with Gasteiger partial charge in [0.05, 0.1) is 27.0 Å². The highest BCUT2D eigenvalue weighted by Gasteiger charge is 2.34. The molecule has 2 aliphatic heterocycles. The number of methoxy groups -OCH3 is 3. The molecule has 4 rings (SSSR count). The largest absolute Gasteiger partial charge is 0.493 e. The van der Waals surface area contributed by atoms with Crippen molar-refractivity contribution in [3.05, 3.63) is 41.0 Å². The minimum atomic E-state index is -0.0146. The first kappa shape index (κ1) is 21.1. The lowest BCUT2D eigenvalue weighted by molar-refractivity contribution is 0.170. The Balaban J connectivity index is 1.63. The third kappa shape index (κ3) is 3.95. The molecule has 8 nitrogen and oxygen atoms in total. The lowest BCUT2D eigenvalue weighted by Crippen LogP contribution is -2.34. The van der Waals surface area contributed by atoms with Crippen LogP contribution >= 0.6 is 0 Å². The highest BCUT2D eigenvalue weighted by Crippen LogP contribution is 2.50. The van der Waals surface area contributed by atoms with Crippen LogP contribution in [0.15, 0.2) is 29.4 Å². The molecule has 0 radical (unpaired) electrons. The van der Waals surface area contributed by atoms with Crippen molar-refractivity contribution in [1.82, 2.24) is 4.90 Å². The topological polar surface area (TPSA) is 82.0 Å². The maximum absolute atomic E-state index is 9.80. The number of hydrogen-bond acceptors (Lipinski definition) is 8. The summed E-state index contributed by atoms with van der Waals surface area (Å²) in [6.07, 6.45) is 1.92. The molecule has 0 amide bonds. The van der Waals surface area contributed by atoms with Gasteiger partial charge in [0.1, 0.15) is 0 Å². The van der Waals surface area contributed by atoms with E-state index >= 15 is 0 Å². The first-order chi connectivity index (χ1) is 15.1. The third-order valence-electron chi connectivity index (χ3n) is 5.97. The molecule has 31 heavy (non-hydrogen) atoms. The van der Waals surface area contributed by atoms with Crippen molar-refractivity contribution in [2.24, 2.45) is 5.16 Å². The van der Waals surface area contributed by atoms with Crippen molar-refractivity contribution < 1.29 is 28.9 Å². The fourth-order valence-corrected chi connectivity index (χ4v) is 4.38. The minimum Gasteiger partial charge on any atom is -0.493 e. The van der Waals surface area contributed by atoms with Gasteiger partial charge in [-0.05, 0) is 42.8 Å². The van der Waals surface area contributed by atoms with Crippen LogP contribution in [-0.2, 0) is 12.8 Å². The van der Waals surface area contributed by atoms with Gasteiger partial charge < -0.3 is 28.9 Å². The second kappa shape index (κ2) is 8.93. The van der Waals surface area contributed by atoms with E-state index in [4.69, 9.17) is 23.7 Å². The molecule has 0 aromatic heterocycles. The van der Waals surface area contributed by atoms with Gasteiger partial charge in [0.25, 0.3) is 0 Å². The van der Waals surface area contributed by atoms with Gasteiger partial charge in [-0.2, -0.15) is 0 Å². The molecular formula is C23H28N2O6. The van der Waals surface area contributed by atoms with Gasteiger partial charge in [-0.1, -0.05) is 11.2 Å².